The number of benzene rings is 1. The lowest BCUT2D eigenvalue weighted by Crippen LogP contribution is -2.37. The third kappa shape index (κ3) is 4.88. The molecule has 0 bridgehead atoms. The zero-order valence-electron chi connectivity index (χ0n) is 15.4. The summed E-state index contributed by atoms with van der Waals surface area (Å²) in [5, 5.41) is 13.1. The van der Waals surface area contributed by atoms with Gasteiger partial charge in [-0.1, -0.05) is 23.9 Å². The minimum atomic E-state index is -0.257. The molecule has 1 saturated heterocycles. The minimum absolute atomic E-state index is 0.0742. The lowest BCUT2D eigenvalue weighted by atomic mass is 9.87. The van der Waals surface area contributed by atoms with Crippen LogP contribution < -0.4 is 5.32 Å². The van der Waals surface area contributed by atoms with Crippen molar-refractivity contribution in [2.24, 2.45) is 0 Å². The van der Waals surface area contributed by atoms with Crippen molar-refractivity contribution in [2.45, 2.75) is 36.5 Å². The quantitative estimate of drug-likeness (QED) is 0.765. The first-order valence-electron chi connectivity index (χ1n) is 9.11. The zero-order valence-corrected chi connectivity index (χ0v) is 17.0. The van der Waals surface area contributed by atoms with Crippen LogP contribution in [0.5, 0.6) is 0 Å². The molecule has 1 N–H and O–H groups in total. The summed E-state index contributed by atoms with van der Waals surface area (Å²) in [5.41, 5.74) is 1.50. The fourth-order valence-corrected chi connectivity index (χ4v) is 4.81. The Balaban J connectivity index is 1.76. The number of nitriles is 1. The Kier molecular flexibility index (Phi) is 6.86. The highest BCUT2D eigenvalue weighted by atomic mass is 32.2. The van der Waals surface area contributed by atoms with Gasteiger partial charge >= 0.3 is 0 Å². The van der Waals surface area contributed by atoms with Crippen LogP contribution in [0.1, 0.15) is 37.2 Å². The predicted molar refractivity (Wildman–Crippen MR) is 109 cm³/mol. The van der Waals surface area contributed by atoms with Gasteiger partial charge in [0.15, 0.2) is 0 Å². The third-order valence-electron chi connectivity index (χ3n) is 4.92. The van der Waals surface area contributed by atoms with Crippen molar-refractivity contribution >= 4 is 35.3 Å². The van der Waals surface area contributed by atoms with Crippen molar-refractivity contribution < 1.29 is 9.59 Å². The molecule has 0 aliphatic carbocycles. The average molecular weight is 402 g/mol. The number of nitrogens with zero attached hydrogens (tertiary/aromatic N) is 2. The van der Waals surface area contributed by atoms with E-state index in [1.165, 1.54) is 18.2 Å². The van der Waals surface area contributed by atoms with Crippen molar-refractivity contribution in [3.8, 4) is 6.07 Å². The van der Waals surface area contributed by atoms with Crippen molar-refractivity contribution in [3.05, 3.63) is 40.4 Å². The molecule has 1 atom stereocenters. The second kappa shape index (κ2) is 9.34. The highest BCUT2D eigenvalue weighted by Crippen LogP contribution is 2.36. The van der Waals surface area contributed by atoms with Crippen molar-refractivity contribution in [2.75, 3.05) is 25.1 Å². The molecule has 2 heterocycles. The van der Waals surface area contributed by atoms with E-state index in [0.717, 1.165) is 36.4 Å². The summed E-state index contributed by atoms with van der Waals surface area (Å²) in [5.74, 6) is -0.0443. The van der Waals surface area contributed by atoms with Gasteiger partial charge in [0.2, 0.25) is 11.8 Å². The molecule has 2 aliphatic heterocycles. The van der Waals surface area contributed by atoms with Gasteiger partial charge in [0.1, 0.15) is 0 Å². The van der Waals surface area contributed by atoms with Gasteiger partial charge in [0, 0.05) is 30.3 Å². The van der Waals surface area contributed by atoms with Crippen LogP contribution in [-0.2, 0) is 9.59 Å². The average Bonchev–Trinajstić information content (AvgIpc) is 2.72. The lowest BCUT2D eigenvalue weighted by Gasteiger charge is -2.28. The first-order chi connectivity index (χ1) is 13.1. The number of nitrogens with one attached hydrogen (secondary N) is 1. The SMILES string of the molecule is CSc1ccc([C@@H]2CC(=O)NC(SCC(=O)N3CCCCC3)=C2C#N)cc1. The van der Waals surface area contributed by atoms with E-state index >= 15 is 0 Å². The number of amides is 2. The molecule has 0 radical (unpaired) electrons. The Bertz CT molecular complexity index is 777. The second-order valence-electron chi connectivity index (χ2n) is 6.66. The fraction of sp³-hybridized carbons (Fsp3) is 0.450. The monoisotopic (exact) mass is 401 g/mol. The molecule has 0 aromatic heterocycles. The van der Waals surface area contributed by atoms with Crippen LogP contribution in [0.25, 0.3) is 0 Å². The summed E-state index contributed by atoms with van der Waals surface area (Å²) in [4.78, 5) is 27.7. The van der Waals surface area contributed by atoms with Crippen LogP contribution in [0.15, 0.2) is 39.8 Å². The van der Waals surface area contributed by atoms with E-state index in [4.69, 9.17) is 0 Å². The van der Waals surface area contributed by atoms with Crippen molar-refractivity contribution in [3.63, 3.8) is 0 Å². The third-order valence-corrected chi connectivity index (χ3v) is 6.67. The van der Waals surface area contributed by atoms with Crippen molar-refractivity contribution in [1.29, 1.82) is 5.26 Å². The summed E-state index contributed by atoms with van der Waals surface area (Å²) >= 11 is 2.93. The minimum Gasteiger partial charge on any atom is -0.342 e. The molecule has 3 rings (SSSR count). The number of allylic oxidation sites excluding steroid dienone is 1. The number of piperidine rings is 1. The molecule has 1 aromatic carbocycles. The molecule has 2 amide bonds. The Labute approximate surface area is 168 Å². The number of rotatable bonds is 5. The van der Waals surface area contributed by atoms with Crippen LogP contribution in [0, 0.1) is 11.3 Å². The number of likely N-dealkylation sites (tertiary alicyclic amines) is 1. The summed E-state index contributed by atoms with van der Waals surface area (Å²) in [6.07, 6.45) is 5.54. The number of hydrogen-bond donors (Lipinski definition) is 1. The number of carbonyl (C=O) groups excluding carboxylic acids is 2. The molecular formula is C20H23N3O2S2. The predicted octanol–water partition coefficient (Wildman–Crippen LogP) is 3.49. The summed E-state index contributed by atoms with van der Waals surface area (Å²) in [6.45, 7) is 1.61. The molecule has 5 nitrogen and oxygen atoms in total. The van der Waals surface area contributed by atoms with Crippen molar-refractivity contribution in [1.82, 2.24) is 10.2 Å². The van der Waals surface area contributed by atoms with E-state index in [1.54, 1.807) is 11.8 Å². The molecule has 1 fully saturated rings. The highest BCUT2D eigenvalue weighted by molar-refractivity contribution is 8.03. The summed E-state index contributed by atoms with van der Waals surface area (Å²) in [7, 11) is 0. The molecule has 27 heavy (non-hydrogen) atoms. The smallest absolute Gasteiger partial charge is 0.232 e. The van der Waals surface area contributed by atoms with Crippen LogP contribution in [0.4, 0.5) is 0 Å². The Hall–Kier alpha value is -1.91. The van der Waals surface area contributed by atoms with Gasteiger partial charge in [-0.3, -0.25) is 9.59 Å². The number of hydrogen-bond acceptors (Lipinski definition) is 5. The molecule has 7 heteroatoms. The van der Waals surface area contributed by atoms with E-state index in [9.17, 15) is 14.9 Å². The summed E-state index contributed by atoms with van der Waals surface area (Å²) < 4.78 is 0. The zero-order chi connectivity index (χ0) is 19.2. The van der Waals surface area contributed by atoms with Gasteiger partial charge in [-0.15, -0.1) is 11.8 Å². The standard InChI is InChI=1S/C20H23N3O2S2/c1-26-15-7-5-14(6-8-15)16-11-18(24)22-20(17(16)12-21)27-13-19(25)23-9-3-2-4-10-23/h5-8,16H,2-4,9-11,13H2,1H3,(H,22,24)/t16-/m0/s1. The second-order valence-corrected chi connectivity index (χ2v) is 8.53. The maximum absolute atomic E-state index is 12.4. The fourth-order valence-electron chi connectivity index (χ4n) is 3.42. The Morgan fingerprint density at radius 2 is 1.96 bits per heavy atom. The maximum Gasteiger partial charge on any atom is 0.232 e. The Morgan fingerprint density at radius 3 is 2.59 bits per heavy atom. The molecule has 0 spiro atoms. The van der Waals surface area contributed by atoms with Crippen LogP contribution in [-0.4, -0.2) is 41.8 Å². The number of thioether (sulfide) groups is 2. The molecule has 0 unspecified atom stereocenters. The molecular weight excluding hydrogens is 378 g/mol. The first kappa shape index (κ1) is 19.8. The summed E-state index contributed by atoms with van der Waals surface area (Å²) in [6, 6.07) is 10.2. The first-order valence-corrected chi connectivity index (χ1v) is 11.3. The topological polar surface area (TPSA) is 73.2 Å². The van der Waals surface area contributed by atoms with Gasteiger partial charge in [-0.2, -0.15) is 5.26 Å². The van der Waals surface area contributed by atoms with Gasteiger partial charge in [-0.05, 0) is 43.2 Å². The molecule has 0 saturated carbocycles. The molecule has 2 aliphatic rings. The van der Waals surface area contributed by atoms with Crippen LogP contribution in [0.3, 0.4) is 0 Å². The van der Waals surface area contributed by atoms with E-state index in [-0.39, 0.29) is 29.9 Å². The lowest BCUT2D eigenvalue weighted by molar-refractivity contribution is -0.129. The molecule has 142 valence electrons. The molecule has 1 aromatic rings. The van der Waals surface area contributed by atoms with E-state index in [2.05, 4.69) is 11.4 Å². The van der Waals surface area contributed by atoms with Gasteiger partial charge in [0.25, 0.3) is 0 Å². The maximum atomic E-state index is 12.4. The van der Waals surface area contributed by atoms with Gasteiger partial charge in [-0.25, -0.2) is 0 Å². The van der Waals surface area contributed by atoms with Crippen LogP contribution >= 0.6 is 23.5 Å². The normalized spacial score (nSPS) is 20.2. The van der Waals surface area contributed by atoms with Gasteiger partial charge < -0.3 is 10.2 Å². The largest absolute Gasteiger partial charge is 0.342 e. The van der Waals surface area contributed by atoms with Gasteiger partial charge in [0.05, 0.1) is 22.4 Å². The van der Waals surface area contributed by atoms with E-state index in [1.807, 2.05) is 35.4 Å². The van der Waals surface area contributed by atoms with Crippen LogP contribution in [0.2, 0.25) is 0 Å². The number of carbonyl (C=O) groups is 2. The Morgan fingerprint density at radius 1 is 1.26 bits per heavy atom. The van der Waals surface area contributed by atoms with E-state index in [0.29, 0.717) is 10.6 Å². The van der Waals surface area contributed by atoms with E-state index < -0.39 is 0 Å². The highest BCUT2D eigenvalue weighted by Gasteiger charge is 2.30.